The van der Waals surface area contributed by atoms with Gasteiger partial charge in [-0.3, -0.25) is 4.98 Å². The Labute approximate surface area is 259 Å². The Morgan fingerprint density at radius 1 is 0.714 bits per heavy atom. The largest absolute Gasteiger partial charge is 0.557 e. The molecule has 0 N–H and O–H groups in total. The van der Waals surface area contributed by atoms with Gasteiger partial charge >= 0.3 is 0 Å². The molecule has 1 radical (unpaired) electrons. The van der Waals surface area contributed by atoms with Crippen LogP contribution < -0.4 is 0 Å². The van der Waals surface area contributed by atoms with Crippen LogP contribution in [0.1, 0.15) is 50.7 Å². The Hall–Kier alpha value is -4.18. The van der Waals surface area contributed by atoms with Gasteiger partial charge in [-0.15, -0.1) is 0 Å². The normalized spacial score (nSPS) is 11.6. The first-order valence-electron chi connectivity index (χ1n) is 14.2. The second-order valence-electron chi connectivity index (χ2n) is 11.2. The number of imidazole rings is 1. The molecule has 4 aromatic carbocycles. The first kappa shape index (κ1) is 28.0. The van der Waals surface area contributed by atoms with Gasteiger partial charge in [0, 0.05) is 43.2 Å². The molecule has 0 saturated heterocycles. The van der Waals surface area contributed by atoms with Crippen LogP contribution in [0.15, 0.2) is 112 Å². The summed E-state index contributed by atoms with van der Waals surface area (Å²) in [4.78, 5) is 5.20. The monoisotopic (exact) mass is 728 g/mol. The molecule has 0 atom stereocenters. The van der Waals surface area contributed by atoms with Crippen molar-refractivity contribution >= 4 is 22.0 Å². The fourth-order valence-corrected chi connectivity index (χ4v) is 5.77. The number of para-hydroxylation sites is 2. The van der Waals surface area contributed by atoms with Crippen LogP contribution in [0, 0.1) is 6.26 Å². The van der Waals surface area contributed by atoms with Gasteiger partial charge in [0.1, 0.15) is 5.76 Å². The van der Waals surface area contributed by atoms with Gasteiger partial charge in [0.2, 0.25) is 0 Å². The summed E-state index contributed by atoms with van der Waals surface area (Å²) >= 11 is 0. The van der Waals surface area contributed by atoms with Crippen molar-refractivity contribution in [3.05, 3.63) is 121 Å². The number of nitrogens with zero attached hydrogens (tertiary/aromatic N) is 2. The number of benzene rings is 4. The van der Waals surface area contributed by atoms with E-state index in [0.717, 1.165) is 44.7 Å². The Kier molecular flexibility index (Phi) is 7.49. The van der Waals surface area contributed by atoms with E-state index in [-0.39, 0.29) is 31.9 Å². The van der Waals surface area contributed by atoms with Crippen LogP contribution in [0.3, 0.4) is 0 Å². The van der Waals surface area contributed by atoms with Crippen molar-refractivity contribution in [2.24, 2.45) is 0 Å². The number of fused-ring (bicyclic) bond motifs is 2. The maximum Gasteiger partial charge on any atom is 0.133 e. The number of hydrogen-bond acceptors (Lipinski definition) is 3. The van der Waals surface area contributed by atoms with Crippen LogP contribution in [0.5, 0.6) is 0 Å². The van der Waals surface area contributed by atoms with Gasteiger partial charge in [0.15, 0.2) is 0 Å². The summed E-state index contributed by atoms with van der Waals surface area (Å²) in [5.74, 6) is 2.21. The summed E-state index contributed by atoms with van der Waals surface area (Å²) in [5.41, 5.74) is 10.8. The van der Waals surface area contributed by atoms with Gasteiger partial charge in [-0.05, 0) is 70.5 Å². The second kappa shape index (κ2) is 11.2. The van der Waals surface area contributed by atoms with Crippen molar-refractivity contribution in [2.75, 3.05) is 0 Å². The summed E-state index contributed by atoms with van der Waals surface area (Å²) in [6.45, 7) is 9.08. The fraction of sp³-hybridized carbons (Fsp3) is 0.162. The summed E-state index contributed by atoms with van der Waals surface area (Å²) in [6, 6.07) is 33.7. The summed E-state index contributed by atoms with van der Waals surface area (Å²) in [5, 5.41) is 0.952. The number of aromatic nitrogens is 2. The maximum absolute atomic E-state index is 5.99. The Bertz CT molecular complexity index is 1970. The minimum Gasteiger partial charge on any atom is -0.557 e. The molecule has 0 aliphatic rings. The van der Waals surface area contributed by atoms with Crippen LogP contribution in [0.2, 0.25) is 0 Å². The van der Waals surface area contributed by atoms with E-state index in [1.807, 2.05) is 30.3 Å². The van der Waals surface area contributed by atoms with Crippen molar-refractivity contribution in [3.63, 3.8) is 0 Å². The summed E-state index contributed by atoms with van der Waals surface area (Å²) in [7, 11) is 0. The topological polar surface area (TPSA) is 44.1 Å². The molecule has 7 aromatic rings. The van der Waals surface area contributed by atoms with Crippen molar-refractivity contribution in [1.82, 2.24) is 9.55 Å². The number of furan rings is 2. The molecular weight excluding hydrogens is 697 g/mol. The van der Waals surface area contributed by atoms with Crippen molar-refractivity contribution < 1.29 is 28.9 Å². The zero-order valence-electron chi connectivity index (χ0n) is 24.0. The average Bonchev–Trinajstić information content (AvgIpc) is 3.75. The maximum atomic E-state index is 5.99. The van der Waals surface area contributed by atoms with E-state index in [1.165, 1.54) is 27.9 Å². The van der Waals surface area contributed by atoms with E-state index in [0.29, 0.717) is 0 Å². The van der Waals surface area contributed by atoms with Crippen LogP contribution in [0.4, 0.5) is 0 Å². The molecular formula is C37H31IrN2O2-. The third-order valence-corrected chi connectivity index (χ3v) is 7.85. The van der Waals surface area contributed by atoms with Crippen LogP contribution in [-0.4, -0.2) is 9.55 Å². The molecule has 0 saturated carbocycles. The van der Waals surface area contributed by atoms with E-state index in [4.69, 9.17) is 13.8 Å². The van der Waals surface area contributed by atoms with E-state index in [1.54, 1.807) is 6.26 Å². The SMILES string of the molecule is CC(C)c1cc(-c2ccccc2)cc(C(C)C)c1-n1c(-c2[c-]oc3ccc(-c4ccco4)cc23)nc2ccccc21.[Ir]. The Morgan fingerprint density at radius 2 is 1.43 bits per heavy atom. The molecule has 0 bridgehead atoms. The minimum absolute atomic E-state index is 0. The number of rotatable bonds is 6. The van der Waals surface area contributed by atoms with Crippen molar-refractivity contribution in [3.8, 4) is 39.5 Å². The molecule has 0 amide bonds. The fourth-order valence-electron chi connectivity index (χ4n) is 5.77. The molecule has 0 aliphatic carbocycles. The van der Waals surface area contributed by atoms with Gasteiger partial charge in [-0.25, -0.2) is 0 Å². The molecule has 0 unspecified atom stereocenters. The molecule has 4 nitrogen and oxygen atoms in total. The van der Waals surface area contributed by atoms with Gasteiger partial charge < -0.3 is 13.4 Å². The quantitative estimate of drug-likeness (QED) is 0.160. The van der Waals surface area contributed by atoms with Crippen LogP contribution >= 0.6 is 0 Å². The smallest absolute Gasteiger partial charge is 0.133 e. The number of hydrogen-bond donors (Lipinski definition) is 0. The predicted octanol–water partition coefficient (Wildman–Crippen LogP) is 10.4. The van der Waals surface area contributed by atoms with Crippen molar-refractivity contribution in [2.45, 2.75) is 39.5 Å². The molecule has 3 aromatic heterocycles. The van der Waals surface area contributed by atoms with Gasteiger partial charge in [0.05, 0.1) is 23.1 Å². The van der Waals surface area contributed by atoms with Gasteiger partial charge in [-0.1, -0.05) is 99.3 Å². The molecule has 0 spiro atoms. The van der Waals surface area contributed by atoms with E-state index < -0.39 is 0 Å². The third kappa shape index (κ3) is 4.73. The summed E-state index contributed by atoms with van der Waals surface area (Å²) in [6.07, 6.45) is 4.92. The molecule has 0 fully saturated rings. The molecule has 7 rings (SSSR count). The molecule has 211 valence electrons. The van der Waals surface area contributed by atoms with Gasteiger partial charge in [0.25, 0.3) is 0 Å². The van der Waals surface area contributed by atoms with Crippen molar-refractivity contribution in [1.29, 1.82) is 0 Å². The van der Waals surface area contributed by atoms with Gasteiger partial charge in [-0.2, -0.15) is 0 Å². The zero-order valence-corrected chi connectivity index (χ0v) is 26.4. The first-order chi connectivity index (χ1) is 20.0. The molecule has 42 heavy (non-hydrogen) atoms. The minimum atomic E-state index is 0. The Morgan fingerprint density at radius 3 is 2.12 bits per heavy atom. The average molecular weight is 728 g/mol. The standard InChI is InChI=1S/C37H31N2O2.Ir/c1-23(2)28-20-27(25-11-6-5-7-12-25)21-29(24(3)4)36(28)39-33-14-9-8-13-32(33)38-37(39)31-22-41-35-17-16-26(19-30(31)35)34-15-10-18-40-34;/h5-21,23-24H,1-4H3;/q-1;. The first-order valence-corrected chi connectivity index (χ1v) is 14.2. The van der Waals surface area contributed by atoms with E-state index >= 15 is 0 Å². The van der Waals surface area contributed by atoms with Crippen LogP contribution in [0.25, 0.3) is 61.5 Å². The third-order valence-electron chi connectivity index (χ3n) is 7.85. The molecule has 0 aliphatic heterocycles. The molecule has 3 heterocycles. The summed E-state index contributed by atoms with van der Waals surface area (Å²) < 4.78 is 14.0. The Balaban J connectivity index is 0.00000316. The second-order valence-corrected chi connectivity index (χ2v) is 11.2. The zero-order chi connectivity index (χ0) is 28.1. The van der Waals surface area contributed by atoms with E-state index in [9.17, 15) is 0 Å². The van der Waals surface area contributed by atoms with E-state index in [2.05, 4.69) is 105 Å². The van der Waals surface area contributed by atoms with Crippen LogP contribution in [-0.2, 0) is 20.1 Å². The molecule has 5 heteroatoms. The predicted molar refractivity (Wildman–Crippen MR) is 166 cm³/mol.